The van der Waals surface area contributed by atoms with Crippen LogP contribution >= 0.6 is 0 Å². The van der Waals surface area contributed by atoms with Crippen molar-refractivity contribution in [3.05, 3.63) is 52.4 Å². The van der Waals surface area contributed by atoms with Crippen molar-refractivity contribution in [2.24, 2.45) is 0 Å². The molecule has 0 atom stereocenters. The molecule has 1 aromatic rings. The molecule has 1 aliphatic carbocycles. The van der Waals surface area contributed by atoms with Crippen molar-refractivity contribution in [2.75, 3.05) is 0 Å². The number of benzene rings is 1. The lowest BCUT2D eigenvalue weighted by molar-refractivity contribution is 0.864. The van der Waals surface area contributed by atoms with Crippen LogP contribution in [0.1, 0.15) is 25.3 Å². The van der Waals surface area contributed by atoms with E-state index < -0.39 is 0 Å². The summed E-state index contributed by atoms with van der Waals surface area (Å²) in [6, 6.07) is 6.59. The summed E-state index contributed by atoms with van der Waals surface area (Å²) in [6.45, 7) is 4.42. The number of fused-ring (bicyclic) bond motifs is 1. The summed E-state index contributed by atoms with van der Waals surface area (Å²) >= 11 is 0. The Kier molecular flexibility index (Phi) is 2.39. The molecule has 0 heteroatoms. The van der Waals surface area contributed by atoms with Gasteiger partial charge in [-0.1, -0.05) is 44.2 Å². The standard InChI is InChI=1S/C14H14/c1-11(2)13-9-8-12-6-4-3-5-7-14(12)10-13/h3-6,8-11H,1-2H3. The molecule has 1 aromatic carbocycles. The highest BCUT2D eigenvalue weighted by molar-refractivity contribution is 5.45. The molecule has 0 radical (unpaired) electrons. The van der Waals surface area contributed by atoms with Gasteiger partial charge in [-0.15, -0.1) is 5.73 Å². The maximum absolute atomic E-state index is 3.28. The van der Waals surface area contributed by atoms with E-state index in [4.69, 9.17) is 0 Å². The number of rotatable bonds is 1. The Bertz CT molecular complexity index is 509. The van der Waals surface area contributed by atoms with Gasteiger partial charge in [0.2, 0.25) is 0 Å². The van der Waals surface area contributed by atoms with E-state index in [1.165, 1.54) is 16.0 Å². The fourth-order valence-corrected chi connectivity index (χ4v) is 1.56. The predicted octanol–water partition coefficient (Wildman–Crippen LogP) is 2.10. The van der Waals surface area contributed by atoms with E-state index in [1.54, 1.807) is 0 Å². The second kappa shape index (κ2) is 3.69. The average Bonchev–Trinajstić information content (AvgIpc) is 2.41. The van der Waals surface area contributed by atoms with E-state index in [0.717, 1.165) is 0 Å². The minimum Gasteiger partial charge on any atom is -0.112 e. The molecule has 0 nitrogen and oxygen atoms in total. The largest absolute Gasteiger partial charge is 0.112 e. The Morgan fingerprint density at radius 1 is 1.14 bits per heavy atom. The van der Waals surface area contributed by atoms with Gasteiger partial charge in [0.15, 0.2) is 0 Å². The van der Waals surface area contributed by atoms with Crippen LogP contribution < -0.4 is 10.4 Å². The van der Waals surface area contributed by atoms with Crippen molar-refractivity contribution in [1.29, 1.82) is 0 Å². The van der Waals surface area contributed by atoms with Crippen LogP contribution in [-0.2, 0) is 0 Å². The summed E-state index contributed by atoms with van der Waals surface area (Å²) in [6.07, 6.45) is 8.14. The van der Waals surface area contributed by atoms with Crippen LogP contribution in [0.5, 0.6) is 0 Å². The summed E-state index contributed by atoms with van der Waals surface area (Å²) in [5.41, 5.74) is 4.65. The first-order valence-corrected chi connectivity index (χ1v) is 5.01. The third-order valence-electron chi connectivity index (χ3n) is 2.47. The van der Waals surface area contributed by atoms with Gasteiger partial charge in [-0.05, 0) is 28.8 Å². The van der Waals surface area contributed by atoms with E-state index in [1.807, 2.05) is 18.2 Å². The van der Waals surface area contributed by atoms with Crippen LogP contribution in [0, 0.1) is 0 Å². The van der Waals surface area contributed by atoms with Gasteiger partial charge in [0.1, 0.15) is 0 Å². The summed E-state index contributed by atoms with van der Waals surface area (Å²) in [4.78, 5) is 0. The Morgan fingerprint density at radius 3 is 2.79 bits per heavy atom. The van der Waals surface area contributed by atoms with Crippen molar-refractivity contribution in [3.8, 4) is 0 Å². The van der Waals surface area contributed by atoms with Crippen molar-refractivity contribution in [2.45, 2.75) is 19.8 Å². The molecule has 0 fully saturated rings. The first-order valence-electron chi connectivity index (χ1n) is 5.01. The number of allylic oxidation sites excluding steroid dienone is 3. The highest BCUT2D eigenvalue weighted by Crippen LogP contribution is 2.09. The Labute approximate surface area is 84.6 Å². The maximum Gasteiger partial charge on any atom is 0.0239 e. The molecule has 0 aromatic heterocycles. The monoisotopic (exact) mass is 182 g/mol. The lowest BCUT2D eigenvalue weighted by atomic mass is 10.0. The normalized spacial score (nSPS) is 13.1. The molecule has 0 unspecified atom stereocenters. The van der Waals surface area contributed by atoms with Gasteiger partial charge in [0, 0.05) is 5.22 Å². The van der Waals surface area contributed by atoms with Gasteiger partial charge >= 0.3 is 0 Å². The molecule has 0 amide bonds. The van der Waals surface area contributed by atoms with E-state index in [-0.39, 0.29) is 0 Å². The van der Waals surface area contributed by atoms with Crippen molar-refractivity contribution < 1.29 is 0 Å². The minimum absolute atomic E-state index is 0.582. The third kappa shape index (κ3) is 1.71. The lowest BCUT2D eigenvalue weighted by Gasteiger charge is -2.03. The number of hydrogen-bond donors (Lipinski definition) is 0. The van der Waals surface area contributed by atoms with Gasteiger partial charge in [-0.25, -0.2) is 0 Å². The van der Waals surface area contributed by atoms with Gasteiger partial charge in [-0.2, -0.15) is 0 Å². The first kappa shape index (κ1) is 9.05. The zero-order valence-electron chi connectivity index (χ0n) is 8.62. The van der Waals surface area contributed by atoms with Crippen molar-refractivity contribution in [3.63, 3.8) is 0 Å². The van der Waals surface area contributed by atoms with Crippen LogP contribution in [0.4, 0.5) is 0 Å². The summed E-state index contributed by atoms with van der Waals surface area (Å²) < 4.78 is 0. The molecular weight excluding hydrogens is 168 g/mol. The molecule has 0 heterocycles. The predicted molar refractivity (Wildman–Crippen MR) is 61.4 cm³/mol. The molecule has 70 valence electrons. The minimum atomic E-state index is 0.582. The molecular formula is C14H14. The molecule has 0 aliphatic heterocycles. The van der Waals surface area contributed by atoms with Gasteiger partial charge in [0.25, 0.3) is 0 Å². The Balaban J connectivity index is 2.73. The lowest BCUT2D eigenvalue weighted by Crippen LogP contribution is -2.23. The van der Waals surface area contributed by atoms with Crippen molar-refractivity contribution >= 4 is 11.8 Å². The zero-order chi connectivity index (χ0) is 9.97. The number of hydrogen-bond acceptors (Lipinski definition) is 0. The Hall–Kier alpha value is -1.52. The topological polar surface area (TPSA) is 0 Å². The molecule has 0 saturated carbocycles. The van der Waals surface area contributed by atoms with Crippen LogP contribution in [0.25, 0.3) is 11.8 Å². The van der Waals surface area contributed by atoms with Crippen LogP contribution in [0.15, 0.2) is 36.4 Å². The van der Waals surface area contributed by atoms with Crippen LogP contribution in [0.3, 0.4) is 0 Å². The van der Waals surface area contributed by atoms with Crippen LogP contribution in [-0.4, -0.2) is 0 Å². The molecule has 0 spiro atoms. The molecule has 1 aliphatic rings. The fraction of sp³-hybridized carbons (Fsp3) is 0.214. The molecule has 2 rings (SSSR count). The molecule has 0 N–H and O–H groups in total. The summed E-state index contributed by atoms with van der Waals surface area (Å²) in [7, 11) is 0. The average molecular weight is 182 g/mol. The highest BCUT2D eigenvalue weighted by Gasteiger charge is 1.97. The third-order valence-corrected chi connectivity index (χ3v) is 2.47. The Morgan fingerprint density at radius 2 is 2.00 bits per heavy atom. The summed E-state index contributed by atoms with van der Waals surface area (Å²) in [5, 5.41) is 2.45. The second-order valence-electron chi connectivity index (χ2n) is 3.86. The van der Waals surface area contributed by atoms with E-state index in [0.29, 0.717) is 5.92 Å². The molecule has 14 heavy (non-hydrogen) atoms. The first-order chi connectivity index (χ1) is 6.77. The van der Waals surface area contributed by atoms with E-state index in [9.17, 15) is 0 Å². The second-order valence-corrected chi connectivity index (χ2v) is 3.86. The molecule has 0 saturated heterocycles. The maximum atomic E-state index is 3.28. The van der Waals surface area contributed by atoms with E-state index in [2.05, 4.69) is 43.9 Å². The van der Waals surface area contributed by atoms with Gasteiger partial charge < -0.3 is 0 Å². The quantitative estimate of drug-likeness (QED) is 0.624. The van der Waals surface area contributed by atoms with Crippen LogP contribution in [0.2, 0.25) is 0 Å². The smallest absolute Gasteiger partial charge is 0.0239 e. The SMILES string of the molecule is CC(C)c1ccc2c(c1)=C=CC=CC=2. The summed E-state index contributed by atoms with van der Waals surface area (Å²) in [5.74, 6) is 0.582. The van der Waals surface area contributed by atoms with Crippen molar-refractivity contribution in [1.82, 2.24) is 0 Å². The van der Waals surface area contributed by atoms with Gasteiger partial charge in [-0.3, -0.25) is 0 Å². The highest BCUT2D eigenvalue weighted by atomic mass is 14.0. The van der Waals surface area contributed by atoms with E-state index >= 15 is 0 Å². The van der Waals surface area contributed by atoms with Gasteiger partial charge in [0.05, 0.1) is 0 Å². The zero-order valence-corrected chi connectivity index (χ0v) is 8.62. The fourth-order valence-electron chi connectivity index (χ4n) is 1.56. The molecule has 0 bridgehead atoms.